The summed E-state index contributed by atoms with van der Waals surface area (Å²) in [6.07, 6.45) is 3.86. The Bertz CT molecular complexity index is 707. The summed E-state index contributed by atoms with van der Waals surface area (Å²) < 4.78 is 0. The zero-order valence-electron chi connectivity index (χ0n) is 10.6. The van der Waals surface area contributed by atoms with E-state index in [-0.39, 0.29) is 0 Å². The summed E-state index contributed by atoms with van der Waals surface area (Å²) in [5.74, 6) is 0. The maximum absolute atomic E-state index is 6.20. The lowest BCUT2D eigenvalue weighted by molar-refractivity contribution is 0.918. The van der Waals surface area contributed by atoms with Gasteiger partial charge in [0.25, 0.3) is 0 Å². The van der Waals surface area contributed by atoms with E-state index in [4.69, 9.17) is 11.6 Å². The van der Waals surface area contributed by atoms with Gasteiger partial charge in [0.2, 0.25) is 0 Å². The van der Waals surface area contributed by atoms with Crippen LogP contribution in [-0.2, 0) is 6.42 Å². The summed E-state index contributed by atoms with van der Waals surface area (Å²) in [4.78, 5) is 8.81. The van der Waals surface area contributed by atoms with E-state index in [2.05, 4.69) is 29.0 Å². The van der Waals surface area contributed by atoms with Crippen LogP contribution in [0.25, 0.3) is 21.5 Å². The van der Waals surface area contributed by atoms with E-state index in [1.807, 2.05) is 23.7 Å². The highest BCUT2D eigenvalue weighted by Gasteiger charge is 2.07. The first kappa shape index (κ1) is 12.6. The van der Waals surface area contributed by atoms with Gasteiger partial charge in [-0.05, 0) is 36.2 Å². The van der Waals surface area contributed by atoms with Crippen LogP contribution in [0, 0.1) is 0 Å². The predicted molar refractivity (Wildman–Crippen MR) is 81.9 cm³/mol. The average Bonchev–Trinajstić information content (AvgIpc) is 2.93. The molecule has 0 unspecified atom stereocenters. The van der Waals surface area contributed by atoms with Gasteiger partial charge in [-0.15, -0.1) is 11.3 Å². The van der Waals surface area contributed by atoms with Crippen LogP contribution >= 0.6 is 22.9 Å². The van der Waals surface area contributed by atoms with E-state index in [9.17, 15) is 0 Å². The van der Waals surface area contributed by atoms with Crippen LogP contribution < -0.4 is 0 Å². The zero-order valence-corrected chi connectivity index (χ0v) is 12.1. The Morgan fingerprint density at radius 3 is 2.89 bits per heavy atom. The lowest BCUT2D eigenvalue weighted by atomic mass is 10.1. The third-order valence-corrected chi connectivity index (χ3v) is 4.19. The first-order valence-electron chi connectivity index (χ1n) is 6.27. The van der Waals surface area contributed by atoms with Crippen LogP contribution in [0.2, 0.25) is 5.15 Å². The number of thiazole rings is 1. The van der Waals surface area contributed by atoms with Crippen LogP contribution in [0.3, 0.4) is 0 Å². The van der Waals surface area contributed by atoms with E-state index < -0.39 is 0 Å². The van der Waals surface area contributed by atoms with Gasteiger partial charge in [0.15, 0.2) is 0 Å². The lowest BCUT2D eigenvalue weighted by Crippen LogP contribution is -1.90. The predicted octanol–water partition coefficient (Wildman–Crippen LogP) is 4.96. The normalized spacial score (nSPS) is 11.1. The summed E-state index contributed by atoms with van der Waals surface area (Å²) in [6.45, 7) is 2.15. The van der Waals surface area contributed by atoms with Crippen molar-refractivity contribution in [2.75, 3.05) is 0 Å². The van der Waals surface area contributed by atoms with E-state index in [0.29, 0.717) is 5.15 Å². The molecule has 0 radical (unpaired) electrons. The SMILES string of the molecule is CCCc1cc2cc(-c3nccs3)ccc2nc1Cl. The Morgan fingerprint density at radius 1 is 1.26 bits per heavy atom. The minimum atomic E-state index is 0.622. The van der Waals surface area contributed by atoms with E-state index in [1.165, 1.54) is 0 Å². The second kappa shape index (κ2) is 5.27. The second-order valence-corrected chi connectivity index (χ2v) is 5.69. The van der Waals surface area contributed by atoms with Gasteiger partial charge >= 0.3 is 0 Å². The summed E-state index contributed by atoms with van der Waals surface area (Å²) >= 11 is 7.84. The quantitative estimate of drug-likeness (QED) is 0.636. The van der Waals surface area contributed by atoms with Gasteiger partial charge in [-0.25, -0.2) is 9.97 Å². The molecule has 0 amide bonds. The second-order valence-electron chi connectivity index (χ2n) is 4.43. The van der Waals surface area contributed by atoms with Gasteiger partial charge < -0.3 is 0 Å². The minimum Gasteiger partial charge on any atom is -0.245 e. The van der Waals surface area contributed by atoms with Crippen LogP contribution in [0.5, 0.6) is 0 Å². The molecule has 3 aromatic rings. The number of aromatic nitrogens is 2. The van der Waals surface area contributed by atoms with Crippen LogP contribution in [-0.4, -0.2) is 9.97 Å². The average molecular weight is 289 g/mol. The van der Waals surface area contributed by atoms with Crippen molar-refractivity contribution in [2.45, 2.75) is 19.8 Å². The van der Waals surface area contributed by atoms with Crippen molar-refractivity contribution in [1.29, 1.82) is 0 Å². The molecule has 3 rings (SSSR count). The molecule has 2 heterocycles. The molecule has 0 atom stereocenters. The molecular weight excluding hydrogens is 276 g/mol. The molecule has 96 valence electrons. The van der Waals surface area contributed by atoms with Crippen LogP contribution in [0.4, 0.5) is 0 Å². The molecular formula is C15H13ClN2S. The van der Waals surface area contributed by atoms with E-state index >= 15 is 0 Å². The van der Waals surface area contributed by atoms with Gasteiger partial charge in [0.05, 0.1) is 5.52 Å². The number of fused-ring (bicyclic) bond motifs is 1. The molecule has 0 aliphatic carbocycles. The maximum Gasteiger partial charge on any atom is 0.132 e. The number of nitrogens with zero attached hydrogens (tertiary/aromatic N) is 2. The first-order valence-corrected chi connectivity index (χ1v) is 7.52. The van der Waals surface area contributed by atoms with Gasteiger partial charge in [-0.3, -0.25) is 0 Å². The Morgan fingerprint density at radius 2 is 2.16 bits per heavy atom. The number of rotatable bonds is 3. The summed E-state index contributed by atoms with van der Waals surface area (Å²) in [5, 5.41) is 4.77. The molecule has 0 aliphatic rings. The highest BCUT2D eigenvalue weighted by molar-refractivity contribution is 7.13. The maximum atomic E-state index is 6.20. The van der Waals surface area contributed by atoms with Crippen LogP contribution in [0.1, 0.15) is 18.9 Å². The topological polar surface area (TPSA) is 25.8 Å². The molecule has 0 fully saturated rings. The zero-order chi connectivity index (χ0) is 13.2. The molecule has 0 spiro atoms. The van der Waals surface area contributed by atoms with Crippen molar-refractivity contribution in [1.82, 2.24) is 9.97 Å². The van der Waals surface area contributed by atoms with E-state index in [1.54, 1.807) is 11.3 Å². The number of hydrogen-bond donors (Lipinski definition) is 0. The molecule has 0 bridgehead atoms. The molecule has 0 N–H and O–H groups in total. The number of hydrogen-bond acceptors (Lipinski definition) is 3. The van der Waals surface area contributed by atoms with Crippen molar-refractivity contribution >= 4 is 33.8 Å². The standard InChI is InChI=1S/C15H13ClN2S/c1-2-3-10-8-12-9-11(15-17-6-7-19-15)4-5-13(12)18-14(10)16/h4-9H,2-3H2,1H3. The molecule has 4 heteroatoms. The van der Waals surface area contributed by atoms with Crippen molar-refractivity contribution < 1.29 is 0 Å². The van der Waals surface area contributed by atoms with E-state index in [0.717, 1.165) is 39.9 Å². The molecule has 0 saturated heterocycles. The molecule has 0 aliphatic heterocycles. The third-order valence-electron chi connectivity index (χ3n) is 3.04. The fourth-order valence-electron chi connectivity index (χ4n) is 2.14. The van der Waals surface area contributed by atoms with Crippen molar-refractivity contribution in [3.63, 3.8) is 0 Å². The van der Waals surface area contributed by atoms with Crippen molar-refractivity contribution in [3.8, 4) is 10.6 Å². The summed E-state index contributed by atoms with van der Waals surface area (Å²) in [7, 11) is 0. The Kier molecular flexibility index (Phi) is 3.49. The first-order chi connectivity index (χ1) is 9.28. The Hall–Kier alpha value is -1.45. The van der Waals surface area contributed by atoms with Gasteiger partial charge in [-0.2, -0.15) is 0 Å². The summed E-state index contributed by atoms with van der Waals surface area (Å²) in [5.41, 5.74) is 3.19. The highest BCUT2D eigenvalue weighted by atomic mass is 35.5. The number of aryl methyl sites for hydroxylation is 1. The van der Waals surface area contributed by atoms with Crippen molar-refractivity contribution in [3.05, 3.63) is 46.6 Å². The summed E-state index contributed by atoms with van der Waals surface area (Å²) in [6, 6.07) is 8.33. The molecule has 2 aromatic heterocycles. The minimum absolute atomic E-state index is 0.622. The monoisotopic (exact) mass is 288 g/mol. The fourth-order valence-corrected chi connectivity index (χ4v) is 3.02. The third kappa shape index (κ3) is 2.48. The molecule has 2 nitrogen and oxygen atoms in total. The smallest absolute Gasteiger partial charge is 0.132 e. The van der Waals surface area contributed by atoms with Gasteiger partial charge in [0, 0.05) is 22.5 Å². The number of benzene rings is 1. The van der Waals surface area contributed by atoms with Gasteiger partial charge in [0.1, 0.15) is 10.2 Å². The molecule has 0 saturated carbocycles. The molecule has 19 heavy (non-hydrogen) atoms. The van der Waals surface area contributed by atoms with Crippen LogP contribution in [0.15, 0.2) is 35.8 Å². The van der Waals surface area contributed by atoms with Gasteiger partial charge in [-0.1, -0.05) is 24.9 Å². The van der Waals surface area contributed by atoms with Crippen molar-refractivity contribution in [2.24, 2.45) is 0 Å². The largest absolute Gasteiger partial charge is 0.245 e. The Balaban J connectivity index is 2.13. The highest BCUT2D eigenvalue weighted by Crippen LogP contribution is 2.28. The lowest BCUT2D eigenvalue weighted by Gasteiger charge is -2.06. The Labute approximate surface area is 121 Å². The molecule has 1 aromatic carbocycles. The fraction of sp³-hybridized carbons (Fsp3) is 0.200. The number of halogens is 1. The number of pyridine rings is 1.